The maximum Gasteiger partial charge on any atom is 0.310 e. The highest BCUT2D eigenvalue weighted by molar-refractivity contribution is 7.22. The lowest BCUT2D eigenvalue weighted by atomic mass is 10.2. The summed E-state index contributed by atoms with van der Waals surface area (Å²) in [5.41, 5.74) is 12.7. The van der Waals surface area contributed by atoms with E-state index in [0.717, 1.165) is 36.9 Å². The number of fused-ring (bicyclic) bond motifs is 2. The first-order valence-electron chi connectivity index (χ1n) is 13.3. The number of ether oxygens (including phenoxy) is 2. The lowest BCUT2D eigenvalue weighted by Crippen LogP contribution is -1.93. The number of nitrogens with two attached hydrogens (primary N) is 1. The number of methoxy groups -OCH3 is 2. The van der Waals surface area contributed by atoms with Crippen molar-refractivity contribution in [3.63, 3.8) is 0 Å². The highest BCUT2D eigenvalue weighted by atomic mass is 32.1. The van der Waals surface area contributed by atoms with Crippen LogP contribution in [-0.4, -0.2) is 40.8 Å². The summed E-state index contributed by atoms with van der Waals surface area (Å²) in [6, 6.07) is 22.9. The van der Waals surface area contributed by atoms with Crippen LogP contribution in [0.1, 0.15) is 18.1 Å². The van der Waals surface area contributed by atoms with E-state index in [1.807, 2.05) is 37.3 Å². The van der Waals surface area contributed by atoms with Crippen molar-refractivity contribution >= 4 is 54.5 Å². The van der Waals surface area contributed by atoms with E-state index in [1.165, 1.54) is 29.0 Å². The van der Waals surface area contributed by atoms with Gasteiger partial charge in [0.25, 0.3) is 0 Å². The average molecular weight is 617 g/mol. The van der Waals surface area contributed by atoms with E-state index in [2.05, 4.69) is 41.2 Å². The molecule has 0 radical (unpaired) electrons. The number of rotatable bonds is 5. The third-order valence-corrected chi connectivity index (χ3v) is 8.33. The molecule has 2 heterocycles. The molecule has 6 rings (SSSR count). The normalized spacial score (nSPS) is 10.5. The summed E-state index contributed by atoms with van der Waals surface area (Å²) in [5, 5.41) is 20.3. The molecule has 6 aromatic rings. The second-order valence-electron chi connectivity index (χ2n) is 9.40. The topological polar surface area (TPSA) is 134 Å². The third-order valence-electron chi connectivity index (χ3n) is 6.19. The summed E-state index contributed by atoms with van der Waals surface area (Å²) in [4.78, 5) is 19.7. The van der Waals surface area contributed by atoms with Crippen molar-refractivity contribution in [1.82, 2.24) is 9.97 Å². The predicted octanol–water partition coefficient (Wildman–Crippen LogP) is 8.05. The van der Waals surface area contributed by atoms with E-state index < -0.39 is 4.92 Å². The fourth-order valence-corrected chi connectivity index (χ4v) is 6.24. The number of aryl methyl sites for hydroxylation is 2. The van der Waals surface area contributed by atoms with E-state index in [4.69, 9.17) is 20.3 Å². The summed E-state index contributed by atoms with van der Waals surface area (Å²) in [7, 11) is 3.05. The number of nitrogen functional groups attached to an aromatic ring is 1. The quantitative estimate of drug-likeness (QED) is 0.113. The van der Waals surface area contributed by atoms with Gasteiger partial charge in [0, 0.05) is 23.8 Å². The van der Waals surface area contributed by atoms with E-state index in [0.29, 0.717) is 11.4 Å². The fraction of sp³-hybridized carbons (Fsp3) is 0.188. The van der Waals surface area contributed by atoms with Gasteiger partial charge in [-0.3, -0.25) is 10.1 Å². The zero-order chi connectivity index (χ0) is 31.1. The molecule has 0 atom stereocenters. The van der Waals surface area contributed by atoms with E-state index in [1.54, 1.807) is 48.8 Å². The molecular formula is C32H32N4O5S2. The Labute approximate surface area is 257 Å². The molecule has 0 unspecified atom stereocenters. The van der Waals surface area contributed by atoms with Gasteiger partial charge in [-0.05, 0) is 86.5 Å². The maximum absolute atomic E-state index is 10.9. The first-order chi connectivity index (χ1) is 20.7. The van der Waals surface area contributed by atoms with Crippen LogP contribution in [0.15, 0.2) is 72.8 Å². The molecule has 0 saturated carbocycles. The molecule has 9 nitrogen and oxygen atoms in total. The van der Waals surface area contributed by atoms with E-state index in [9.17, 15) is 10.1 Å². The average Bonchev–Trinajstić information content (AvgIpc) is 3.61. The first kappa shape index (κ1) is 31.4. The van der Waals surface area contributed by atoms with Crippen LogP contribution < -0.4 is 15.2 Å². The molecule has 4 aromatic carbocycles. The van der Waals surface area contributed by atoms with Gasteiger partial charge in [-0.25, -0.2) is 9.97 Å². The number of benzene rings is 4. The van der Waals surface area contributed by atoms with E-state index >= 15 is 0 Å². The number of nitro groups is 1. The molecule has 0 aliphatic carbocycles. The summed E-state index contributed by atoms with van der Waals surface area (Å²) in [5.74, 6) is 0.931. The van der Waals surface area contributed by atoms with Crippen molar-refractivity contribution in [2.45, 2.75) is 20.8 Å². The predicted molar refractivity (Wildman–Crippen MR) is 177 cm³/mol. The van der Waals surface area contributed by atoms with Crippen LogP contribution in [0.25, 0.3) is 41.6 Å². The van der Waals surface area contributed by atoms with Gasteiger partial charge in [0.1, 0.15) is 15.8 Å². The van der Waals surface area contributed by atoms with Crippen molar-refractivity contribution in [3.8, 4) is 32.6 Å². The largest absolute Gasteiger partial charge is 0.495 e. The molecule has 43 heavy (non-hydrogen) atoms. The van der Waals surface area contributed by atoms with Crippen molar-refractivity contribution in [2.75, 3.05) is 26.6 Å². The van der Waals surface area contributed by atoms with Crippen LogP contribution in [0.5, 0.6) is 11.5 Å². The first-order valence-corrected chi connectivity index (χ1v) is 14.9. The number of aromatic nitrogens is 2. The molecule has 0 bridgehead atoms. The molecule has 0 fully saturated rings. The Morgan fingerprint density at radius 2 is 1.26 bits per heavy atom. The number of aliphatic hydroxyl groups excluding tert-OH is 1. The second-order valence-corrected chi connectivity index (χ2v) is 11.5. The smallest absolute Gasteiger partial charge is 0.310 e. The van der Waals surface area contributed by atoms with Crippen molar-refractivity contribution in [3.05, 3.63) is 94.0 Å². The SMILES string of the molecule is CCO.COc1cc(-c2nc3ccc(C)cc3s2)ccc1N.COc1cc(-c2nc3ccc(C)cc3s2)ccc1[N+](=O)[O-]. The Hall–Kier alpha value is -4.58. The van der Waals surface area contributed by atoms with Crippen molar-refractivity contribution in [2.24, 2.45) is 0 Å². The Kier molecular flexibility index (Phi) is 10.3. The van der Waals surface area contributed by atoms with Gasteiger partial charge in [-0.1, -0.05) is 12.1 Å². The zero-order valence-corrected chi connectivity index (χ0v) is 26.1. The lowest BCUT2D eigenvalue weighted by Gasteiger charge is -2.05. The van der Waals surface area contributed by atoms with Gasteiger partial charge in [-0.15, -0.1) is 22.7 Å². The van der Waals surface area contributed by atoms with E-state index in [-0.39, 0.29) is 18.0 Å². The molecular weight excluding hydrogens is 585 g/mol. The van der Waals surface area contributed by atoms with Crippen molar-refractivity contribution in [1.29, 1.82) is 0 Å². The Balaban J connectivity index is 0.000000181. The lowest BCUT2D eigenvalue weighted by molar-refractivity contribution is -0.385. The molecule has 222 valence electrons. The molecule has 0 saturated heterocycles. The van der Waals surface area contributed by atoms with Crippen LogP contribution in [0, 0.1) is 24.0 Å². The van der Waals surface area contributed by atoms with Crippen LogP contribution in [0.4, 0.5) is 11.4 Å². The minimum absolute atomic E-state index is 0.0433. The molecule has 0 aliphatic rings. The minimum Gasteiger partial charge on any atom is -0.495 e. The fourth-order valence-electron chi connectivity index (χ4n) is 4.12. The number of aliphatic hydroxyl groups is 1. The summed E-state index contributed by atoms with van der Waals surface area (Å²) in [6.45, 7) is 6.05. The molecule has 2 aromatic heterocycles. The summed E-state index contributed by atoms with van der Waals surface area (Å²) < 4.78 is 12.6. The van der Waals surface area contributed by atoms with Crippen LogP contribution in [0.3, 0.4) is 0 Å². The number of thiazole rings is 2. The van der Waals surface area contributed by atoms with Gasteiger partial charge in [0.15, 0.2) is 5.75 Å². The summed E-state index contributed by atoms with van der Waals surface area (Å²) in [6.07, 6.45) is 0. The van der Waals surface area contributed by atoms with Gasteiger partial charge < -0.3 is 20.3 Å². The van der Waals surface area contributed by atoms with Gasteiger partial charge in [0.05, 0.1) is 45.3 Å². The number of hydrogen-bond acceptors (Lipinski definition) is 10. The molecule has 0 amide bonds. The molecule has 11 heteroatoms. The number of nitrogens with zero attached hydrogens (tertiary/aromatic N) is 3. The summed E-state index contributed by atoms with van der Waals surface area (Å²) >= 11 is 3.24. The van der Waals surface area contributed by atoms with Gasteiger partial charge in [-0.2, -0.15) is 0 Å². The van der Waals surface area contributed by atoms with Crippen LogP contribution in [-0.2, 0) is 0 Å². The number of anilines is 1. The second kappa shape index (κ2) is 14.1. The van der Waals surface area contributed by atoms with Crippen molar-refractivity contribution < 1.29 is 19.5 Å². The third kappa shape index (κ3) is 7.44. The zero-order valence-electron chi connectivity index (χ0n) is 24.5. The standard InChI is InChI=1S/C15H12N2O3S.C15H14N2OS.C2H6O/c1-9-3-5-11-14(7-9)21-15(16-11)10-4-6-12(17(18)19)13(8-10)20-2;1-9-3-6-12-14(7-9)19-15(17-12)10-4-5-11(16)13(8-10)18-2;1-2-3/h3-8H,1-2H3;3-8H,16H2,1-2H3;3H,2H2,1H3. The van der Waals surface area contributed by atoms with Crippen LogP contribution >= 0.6 is 22.7 Å². The van der Waals surface area contributed by atoms with Gasteiger partial charge in [0.2, 0.25) is 0 Å². The Morgan fingerprint density at radius 1 is 0.791 bits per heavy atom. The minimum atomic E-state index is -0.454. The number of hydrogen-bond donors (Lipinski definition) is 2. The molecule has 0 spiro atoms. The Bertz CT molecular complexity index is 1880. The highest BCUT2D eigenvalue weighted by Gasteiger charge is 2.17. The number of nitro benzene ring substituents is 1. The van der Waals surface area contributed by atoms with Gasteiger partial charge >= 0.3 is 5.69 Å². The Morgan fingerprint density at radius 3 is 1.72 bits per heavy atom. The monoisotopic (exact) mass is 616 g/mol. The highest BCUT2D eigenvalue weighted by Crippen LogP contribution is 2.36. The molecule has 3 N–H and O–H groups in total. The molecule has 0 aliphatic heterocycles. The van der Waals surface area contributed by atoms with Crippen LogP contribution in [0.2, 0.25) is 0 Å². The maximum atomic E-state index is 10.9.